The summed E-state index contributed by atoms with van der Waals surface area (Å²) in [6.07, 6.45) is 0. The Hall–Kier alpha value is -2.57. The summed E-state index contributed by atoms with van der Waals surface area (Å²) in [6.45, 7) is 2.06. The molecule has 138 valence electrons. The van der Waals surface area contributed by atoms with Gasteiger partial charge in [0.1, 0.15) is 17.7 Å². The van der Waals surface area contributed by atoms with Crippen LogP contribution in [-0.4, -0.2) is 38.7 Å². The van der Waals surface area contributed by atoms with Crippen LogP contribution in [0.25, 0.3) is 11.4 Å². The van der Waals surface area contributed by atoms with Gasteiger partial charge < -0.3 is 10.1 Å². The zero-order valence-electron chi connectivity index (χ0n) is 14.4. The van der Waals surface area contributed by atoms with Crippen molar-refractivity contribution in [3.8, 4) is 17.1 Å². The molecule has 0 bridgehead atoms. The number of hydrogen-bond donors (Lipinski definition) is 1. The number of carbonyl (C=O) groups excluding carboxylic acids is 1. The molecule has 2 aromatic carbocycles. The molecule has 2 atom stereocenters. The molecule has 0 aliphatic carbocycles. The third-order valence-corrected chi connectivity index (χ3v) is 5.29. The SMILES string of the molecule is Cc1c(Cl)cccc1OCC1Nc2nc(-c3ccccc3)nn2C(=O)C1Cl. The van der Waals surface area contributed by atoms with Crippen molar-refractivity contribution in [2.45, 2.75) is 18.3 Å². The predicted octanol–water partition coefficient (Wildman–Crippen LogP) is 4.03. The number of nitrogens with zero attached hydrogens (tertiary/aromatic N) is 3. The molecule has 1 aromatic heterocycles. The number of ether oxygens (including phenoxy) is 1. The second-order valence-corrected chi connectivity index (χ2v) is 7.08. The van der Waals surface area contributed by atoms with Crippen LogP contribution in [0.4, 0.5) is 5.95 Å². The van der Waals surface area contributed by atoms with E-state index in [1.165, 1.54) is 4.68 Å². The van der Waals surface area contributed by atoms with Crippen molar-refractivity contribution in [3.05, 3.63) is 59.1 Å². The maximum Gasteiger partial charge on any atom is 0.270 e. The smallest absolute Gasteiger partial charge is 0.270 e. The summed E-state index contributed by atoms with van der Waals surface area (Å²) in [5.41, 5.74) is 1.66. The van der Waals surface area contributed by atoms with Crippen molar-refractivity contribution in [1.82, 2.24) is 14.8 Å². The van der Waals surface area contributed by atoms with Gasteiger partial charge >= 0.3 is 0 Å². The van der Waals surface area contributed by atoms with E-state index in [0.717, 1.165) is 11.1 Å². The average molecular weight is 403 g/mol. The zero-order valence-corrected chi connectivity index (χ0v) is 15.9. The van der Waals surface area contributed by atoms with Gasteiger partial charge in [-0.15, -0.1) is 16.7 Å². The number of alkyl halides is 1. The molecule has 4 rings (SSSR count). The Labute approximate surface area is 166 Å². The van der Waals surface area contributed by atoms with E-state index in [1.807, 2.05) is 49.4 Å². The van der Waals surface area contributed by atoms with Crippen molar-refractivity contribution in [2.24, 2.45) is 0 Å². The minimum atomic E-state index is -0.831. The first kappa shape index (κ1) is 17.8. The van der Waals surface area contributed by atoms with E-state index in [-0.39, 0.29) is 12.5 Å². The molecule has 6 nitrogen and oxygen atoms in total. The Bertz CT molecular complexity index is 991. The number of fused-ring (bicyclic) bond motifs is 1. The molecule has 0 fully saturated rings. The second kappa shape index (κ2) is 7.21. The maximum atomic E-state index is 12.6. The number of benzene rings is 2. The first-order chi connectivity index (χ1) is 13.0. The summed E-state index contributed by atoms with van der Waals surface area (Å²) in [4.78, 5) is 17.0. The Balaban J connectivity index is 1.55. The highest BCUT2D eigenvalue weighted by Crippen LogP contribution is 2.27. The number of rotatable bonds is 4. The van der Waals surface area contributed by atoms with Crippen LogP contribution in [0.3, 0.4) is 0 Å². The van der Waals surface area contributed by atoms with Crippen molar-refractivity contribution < 1.29 is 9.53 Å². The molecule has 1 aliphatic rings. The van der Waals surface area contributed by atoms with Gasteiger partial charge in [-0.1, -0.05) is 48.0 Å². The number of aromatic nitrogens is 3. The van der Waals surface area contributed by atoms with E-state index in [1.54, 1.807) is 6.07 Å². The number of halogens is 2. The molecule has 1 aliphatic heterocycles. The fourth-order valence-corrected chi connectivity index (χ4v) is 3.24. The fraction of sp³-hybridized carbons (Fsp3) is 0.211. The standard InChI is InChI=1S/C19H16Cl2N4O2/c1-11-13(20)8-5-9-15(11)27-10-14-16(21)18(26)25-19(22-14)23-17(24-25)12-6-3-2-4-7-12/h2-9,14,16H,10H2,1H3,(H,22,23,24). The van der Waals surface area contributed by atoms with Gasteiger partial charge in [-0.3, -0.25) is 4.79 Å². The minimum absolute atomic E-state index is 0.189. The summed E-state index contributed by atoms with van der Waals surface area (Å²) in [6, 6.07) is 14.4. The van der Waals surface area contributed by atoms with E-state index in [0.29, 0.717) is 22.5 Å². The lowest BCUT2D eigenvalue weighted by Crippen LogP contribution is -2.47. The maximum absolute atomic E-state index is 12.6. The van der Waals surface area contributed by atoms with Crippen LogP contribution < -0.4 is 10.1 Å². The van der Waals surface area contributed by atoms with Crippen LogP contribution in [0.2, 0.25) is 5.02 Å². The van der Waals surface area contributed by atoms with Crippen LogP contribution in [0.1, 0.15) is 10.4 Å². The molecule has 27 heavy (non-hydrogen) atoms. The second-order valence-electron chi connectivity index (χ2n) is 6.20. The van der Waals surface area contributed by atoms with Gasteiger partial charge in [-0.2, -0.15) is 9.67 Å². The Morgan fingerprint density at radius 2 is 1.96 bits per heavy atom. The average Bonchev–Trinajstić information content (AvgIpc) is 3.11. The van der Waals surface area contributed by atoms with E-state index < -0.39 is 11.4 Å². The quantitative estimate of drug-likeness (QED) is 0.667. The summed E-state index contributed by atoms with van der Waals surface area (Å²) in [7, 11) is 0. The molecule has 2 unspecified atom stereocenters. The molecule has 0 saturated heterocycles. The highest BCUT2D eigenvalue weighted by atomic mass is 35.5. The molecule has 3 aromatic rings. The highest BCUT2D eigenvalue weighted by Gasteiger charge is 2.37. The fourth-order valence-electron chi connectivity index (χ4n) is 2.85. The van der Waals surface area contributed by atoms with E-state index in [4.69, 9.17) is 27.9 Å². The molecule has 0 radical (unpaired) electrons. The summed E-state index contributed by atoms with van der Waals surface area (Å²) in [5, 5.41) is 7.22. The van der Waals surface area contributed by atoms with E-state index >= 15 is 0 Å². The molecule has 0 amide bonds. The van der Waals surface area contributed by atoms with Crippen LogP contribution in [-0.2, 0) is 0 Å². The van der Waals surface area contributed by atoms with Gasteiger partial charge in [-0.25, -0.2) is 0 Å². The third-order valence-electron chi connectivity index (χ3n) is 4.39. The van der Waals surface area contributed by atoms with Gasteiger partial charge in [-0.05, 0) is 19.1 Å². The largest absolute Gasteiger partial charge is 0.491 e. The first-order valence-corrected chi connectivity index (χ1v) is 9.21. The minimum Gasteiger partial charge on any atom is -0.491 e. The monoisotopic (exact) mass is 402 g/mol. The first-order valence-electron chi connectivity index (χ1n) is 8.40. The van der Waals surface area contributed by atoms with Crippen molar-refractivity contribution in [1.29, 1.82) is 0 Å². The van der Waals surface area contributed by atoms with Crippen LogP contribution in [0.5, 0.6) is 5.75 Å². The van der Waals surface area contributed by atoms with Gasteiger partial charge in [0.25, 0.3) is 5.91 Å². The van der Waals surface area contributed by atoms with E-state index in [2.05, 4.69) is 15.4 Å². The lowest BCUT2D eigenvalue weighted by atomic mass is 10.1. The van der Waals surface area contributed by atoms with Gasteiger partial charge in [0.05, 0.1) is 6.04 Å². The normalized spacial score (nSPS) is 18.7. The number of anilines is 1. The number of hydrogen-bond acceptors (Lipinski definition) is 5. The summed E-state index contributed by atoms with van der Waals surface area (Å²) >= 11 is 12.5. The van der Waals surface area contributed by atoms with Crippen molar-refractivity contribution in [3.63, 3.8) is 0 Å². The van der Waals surface area contributed by atoms with Gasteiger partial charge in [0.2, 0.25) is 5.95 Å². The Morgan fingerprint density at radius 1 is 1.19 bits per heavy atom. The Kier molecular flexibility index (Phi) is 4.76. The summed E-state index contributed by atoms with van der Waals surface area (Å²) < 4.78 is 7.05. The lowest BCUT2D eigenvalue weighted by Gasteiger charge is -2.27. The predicted molar refractivity (Wildman–Crippen MR) is 105 cm³/mol. The van der Waals surface area contributed by atoms with Gasteiger partial charge in [0.15, 0.2) is 5.82 Å². The highest BCUT2D eigenvalue weighted by molar-refractivity contribution is 6.32. The lowest BCUT2D eigenvalue weighted by molar-refractivity contribution is 0.0867. The summed E-state index contributed by atoms with van der Waals surface area (Å²) in [5.74, 6) is 1.13. The van der Waals surface area contributed by atoms with Gasteiger partial charge in [0, 0.05) is 16.1 Å². The molecule has 8 heteroatoms. The molecule has 0 spiro atoms. The van der Waals surface area contributed by atoms with Crippen LogP contribution in [0, 0.1) is 6.92 Å². The number of nitrogens with one attached hydrogen (secondary N) is 1. The van der Waals surface area contributed by atoms with E-state index in [9.17, 15) is 4.79 Å². The topological polar surface area (TPSA) is 69.0 Å². The van der Waals surface area contributed by atoms with Crippen LogP contribution in [0.15, 0.2) is 48.5 Å². The van der Waals surface area contributed by atoms with Crippen molar-refractivity contribution in [2.75, 3.05) is 11.9 Å². The molecular weight excluding hydrogens is 387 g/mol. The Morgan fingerprint density at radius 3 is 2.74 bits per heavy atom. The zero-order chi connectivity index (χ0) is 19.0. The molecule has 1 N–H and O–H groups in total. The molecular formula is C19H16Cl2N4O2. The third kappa shape index (κ3) is 3.38. The van der Waals surface area contributed by atoms with Crippen LogP contribution >= 0.6 is 23.2 Å². The van der Waals surface area contributed by atoms with Crippen molar-refractivity contribution >= 4 is 35.1 Å². The molecule has 2 heterocycles. The molecule has 0 saturated carbocycles. The number of carbonyl (C=O) groups is 1.